The zero-order chi connectivity index (χ0) is 17.9. The van der Waals surface area contributed by atoms with E-state index in [1.165, 1.54) is 0 Å². The molecule has 2 amide bonds. The first kappa shape index (κ1) is 18.5. The fraction of sp³-hybridized carbons (Fsp3) is 0.579. The first-order valence-electron chi connectivity index (χ1n) is 8.62. The van der Waals surface area contributed by atoms with Gasteiger partial charge in [0.25, 0.3) is 5.91 Å². The van der Waals surface area contributed by atoms with Crippen molar-refractivity contribution in [3.8, 4) is 0 Å². The first-order valence-corrected chi connectivity index (χ1v) is 8.62. The molecule has 0 aromatic heterocycles. The average molecular weight is 331 g/mol. The maximum atomic E-state index is 13.0. The van der Waals surface area contributed by atoms with E-state index < -0.39 is 6.04 Å². The first-order chi connectivity index (χ1) is 11.2. The van der Waals surface area contributed by atoms with Gasteiger partial charge in [-0.15, -0.1) is 0 Å². The number of nitrogens with one attached hydrogen (secondary N) is 1. The summed E-state index contributed by atoms with van der Waals surface area (Å²) < 4.78 is 0. The molecule has 2 atom stereocenters. The Bertz CT molecular complexity index is 584. The van der Waals surface area contributed by atoms with E-state index in [1.54, 1.807) is 12.1 Å². The molecule has 1 heterocycles. The highest BCUT2D eigenvalue weighted by Gasteiger charge is 2.38. The summed E-state index contributed by atoms with van der Waals surface area (Å²) in [6.07, 6.45) is 0.788. The molecule has 132 valence electrons. The zero-order valence-corrected chi connectivity index (χ0v) is 15.1. The van der Waals surface area contributed by atoms with Gasteiger partial charge in [0.1, 0.15) is 6.04 Å². The Kier molecular flexibility index (Phi) is 5.65. The van der Waals surface area contributed by atoms with Crippen LogP contribution in [0.5, 0.6) is 0 Å². The largest absolute Gasteiger partial charge is 0.340 e. The van der Waals surface area contributed by atoms with Gasteiger partial charge < -0.3 is 16.0 Å². The number of rotatable bonds is 4. The lowest BCUT2D eigenvalue weighted by atomic mass is 9.79. The predicted octanol–water partition coefficient (Wildman–Crippen LogP) is 2.03. The molecule has 2 unspecified atom stereocenters. The van der Waals surface area contributed by atoms with E-state index in [0.717, 1.165) is 6.42 Å². The third kappa shape index (κ3) is 4.15. The number of nitrogens with zero attached hydrogens (tertiary/aromatic N) is 1. The van der Waals surface area contributed by atoms with Crippen LogP contribution in [-0.4, -0.2) is 41.9 Å². The minimum absolute atomic E-state index is 0.0175. The molecule has 3 N–H and O–H groups in total. The van der Waals surface area contributed by atoms with Gasteiger partial charge in [-0.05, 0) is 29.9 Å². The SMILES string of the molecule is CC(C)C(NC(=O)c1ccccc1)C(=O)N1CCC(N)C(C)(C)C1. The van der Waals surface area contributed by atoms with E-state index in [1.807, 2.05) is 36.9 Å². The van der Waals surface area contributed by atoms with Crippen molar-refractivity contribution < 1.29 is 9.59 Å². The molecule has 0 saturated carbocycles. The van der Waals surface area contributed by atoms with Crippen LogP contribution in [0.25, 0.3) is 0 Å². The smallest absolute Gasteiger partial charge is 0.251 e. The predicted molar refractivity (Wildman–Crippen MR) is 95.5 cm³/mol. The highest BCUT2D eigenvalue weighted by Crippen LogP contribution is 2.28. The van der Waals surface area contributed by atoms with Crippen LogP contribution in [0.2, 0.25) is 0 Å². The highest BCUT2D eigenvalue weighted by atomic mass is 16.2. The standard InChI is InChI=1S/C19H29N3O2/c1-13(2)16(21-17(23)14-8-6-5-7-9-14)18(24)22-11-10-15(20)19(3,4)12-22/h5-9,13,15-16H,10-12,20H2,1-4H3,(H,21,23). The highest BCUT2D eigenvalue weighted by molar-refractivity contribution is 5.97. The number of hydrogen-bond acceptors (Lipinski definition) is 3. The van der Waals surface area contributed by atoms with Gasteiger partial charge >= 0.3 is 0 Å². The van der Waals surface area contributed by atoms with E-state index in [-0.39, 0.29) is 29.2 Å². The Labute approximate surface area is 144 Å². The topological polar surface area (TPSA) is 75.4 Å². The van der Waals surface area contributed by atoms with Crippen molar-refractivity contribution in [2.45, 2.75) is 46.2 Å². The van der Waals surface area contributed by atoms with Gasteiger partial charge in [-0.3, -0.25) is 9.59 Å². The van der Waals surface area contributed by atoms with Gasteiger partial charge in [0, 0.05) is 24.7 Å². The van der Waals surface area contributed by atoms with Crippen LogP contribution in [0.1, 0.15) is 44.5 Å². The molecule has 1 aliphatic rings. The van der Waals surface area contributed by atoms with Gasteiger partial charge in [-0.25, -0.2) is 0 Å². The molecule has 1 aromatic carbocycles. The van der Waals surface area contributed by atoms with Crippen LogP contribution in [-0.2, 0) is 4.79 Å². The van der Waals surface area contributed by atoms with Crippen molar-refractivity contribution in [1.29, 1.82) is 0 Å². The second kappa shape index (κ2) is 7.34. The second-order valence-electron chi connectivity index (χ2n) is 7.70. The molecule has 5 heteroatoms. The number of carbonyl (C=O) groups is 2. The number of nitrogens with two attached hydrogens (primary N) is 1. The lowest BCUT2D eigenvalue weighted by Gasteiger charge is -2.44. The van der Waals surface area contributed by atoms with Gasteiger partial charge in [0.2, 0.25) is 5.91 Å². The molecular formula is C19H29N3O2. The van der Waals surface area contributed by atoms with Crippen LogP contribution in [0, 0.1) is 11.3 Å². The summed E-state index contributed by atoms with van der Waals surface area (Å²) >= 11 is 0. The summed E-state index contributed by atoms with van der Waals surface area (Å²) in [7, 11) is 0. The Morgan fingerprint density at radius 1 is 1.25 bits per heavy atom. The van der Waals surface area contributed by atoms with Gasteiger partial charge in [0.05, 0.1) is 0 Å². The molecule has 0 spiro atoms. The summed E-state index contributed by atoms with van der Waals surface area (Å²) in [6, 6.07) is 8.56. The maximum absolute atomic E-state index is 13.0. The Hall–Kier alpha value is -1.88. The quantitative estimate of drug-likeness (QED) is 0.886. The second-order valence-corrected chi connectivity index (χ2v) is 7.70. The summed E-state index contributed by atoms with van der Waals surface area (Å²) in [6.45, 7) is 9.35. The van der Waals surface area contributed by atoms with Crippen LogP contribution in [0.3, 0.4) is 0 Å². The lowest BCUT2D eigenvalue weighted by molar-refractivity contribution is -0.137. The normalized spacial score (nSPS) is 21.4. The molecule has 2 rings (SSSR count). The van der Waals surface area contributed by atoms with Crippen LogP contribution < -0.4 is 11.1 Å². The fourth-order valence-electron chi connectivity index (χ4n) is 3.09. The molecule has 1 aliphatic heterocycles. The van der Waals surface area contributed by atoms with Gasteiger partial charge in [-0.1, -0.05) is 45.9 Å². The third-order valence-corrected chi connectivity index (χ3v) is 4.88. The molecule has 1 saturated heterocycles. The molecule has 5 nitrogen and oxygen atoms in total. The average Bonchev–Trinajstić information content (AvgIpc) is 2.54. The summed E-state index contributed by atoms with van der Waals surface area (Å²) in [5, 5.41) is 2.91. The number of hydrogen-bond donors (Lipinski definition) is 2. The molecule has 24 heavy (non-hydrogen) atoms. The third-order valence-electron chi connectivity index (χ3n) is 4.88. The Morgan fingerprint density at radius 3 is 2.42 bits per heavy atom. The molecule has 0 bridgehead atoms. The molecule has 0 aliphatic carbocycles. The van der Waals surface area contributed by atoms with Crippen LogP contribution in [0.15, 0.2) is 30.3 Å². The number of amides is 2. The van der Waals surface area contributed by atoms with Crippen molar-refractivity contribution >= 4 is 11.8 Å². The monoisotopic (exact) mass is 331 g/mol. The molecule has 0 radical (unpaired) electrons. The van der Waals surface area contributed by atoms with Crippen molar-refractivity contribution in [3.63, 3.8) is 0 Å². The number of carbonyl (C=O) groups excluding carboxylic acids is 2. The summed E-state index contributed by atoms with van der Waals surface area (Å²) in [4.78, 5) is 27.2. The zero-order valence-electron chi connectivity index (χ0n) is 15.1. The van der Waals surface area contributed by atoms with Crippen molar-refractivity contribution in [3.05, 3.63) is 35.9 Å². The van der Waals surface area contributed by atoms with Crippen molar-refractivity contribution in [2.24, 2.45) is 17.1 Å². The summed E-state index contributed by atoms with van der Waals surface area (Å²) in [5.74, 6) is -0.214. The van der Waals surface area contributed by atoms with Gasteiger partial charge in [0.15, 0.2) is 0 Å². The Morgan fingerprint density at radius 2 is 1.88 bits per heavy atom. The number of benzene rings is 1. The van der Waals surface area contributed by atoms with E-state index in [2.05, 4.69) is 19.2 Å². The van der Waals surface area contributed by atoms with Crippen LogP contribution >= 0.6 is 0 Å². The fourth-order valence-corrected chi connectivity index (χ4v) is 3.09. The summed E-state index contributed by atoms with van der Waals surface area (Å²) in [5.41, 5.74) is 6.61. The molecule has 1 fully saturated rings. The molecule has 1 aromatic rings. The maximum Gasteiger partial charge on any atom is 0.251 e. The number of piperidine rings is 1. The lowest BCUT2D eigenvalue weighted by Crippen LogP contribution is -2.59. The number of likely N-dealkylation sites (tertiary alicyclic amines) is 1. The van der Waals surface area contributed by atoms with E-state index in [4.69, 9.17) is 5.73 Å². The minimum atomic E-state index is -0.525. The van der Waals surface area contributed by atoms with E-state index in [0.29, 0.717) is 18.7 Å². The van der Waals surface area contributed by atoms with Crippen molar-refractivity contribution in [1.82, 2.24) is 10.2 Å². The van der Waals surface area contributed by atoms with Crippen LogP contribution in [0.4, 0.5) is 0 Å². The Balaban J connectivity index is 2.10. The van der Waals surface area contributed by atoms with E-state index in [9.17, 15) is 9.59 Å². The van der Waals surface area contributed by atoms with Crippen molar-refractivity contribution in [2.75, 3.05) is 13.1 Å². The minimum Gasteiger partial charge on any atom is -0.340 e. The van der Waals surface area contributed by atoms with E-state index >= 15 is 0 Å². The van der Waals surface area contributed by atoms with Gasteiger partial charge in [-0.2, -0.15) is 0 Å². The molecular weight excluding hydrogens is 302 g/mol.